The van der Waals surface area contributed by atoms with Gasteiger partial charge in [-0.15, -0.1) is 0 Å². The molecule has 1 heteroatoms. The van der Waals surface area contributed by atoms with Crippen LogP contribution < -0.4 is 0 Å². The highest BCUT2D eigenvalue weighted by atomic mass is 14.7. The molecule has 0 aliphatic carbocycles. The molecule has 0 saturated heterocycles. The molecule has 0 amide bonds. The maximum absolute atomic E-state index is 4.18. The summed E-state index contributed by atoms with van der Waals surface area (Å²) in [4.78, 5) is 4.18. The molecule has 0 aliphatic heterocycles. The van der Waals surface area contributed by atoms with Crippen molar-refractivity contribution in [1.82, 2.24) is 4.98 Å². The van der Waals surface area contributed by atoms with Crippen LogP contribution in [-0.2, 0) is 0 Å². The summed E-state index contributed by atoms with van der Waals surface area (Å²) in [5, 5.41) is 0. The summed E-state index contributed by atoms with van der Waals surface area (Å²) in [6, 6.07) is 12.7. The summed E-state index contributed by atoms with van der Waals surface area (Å²) in [5.74, 6) is 1.82. The van der Waals surface area contributed by atoms with Crippen LogP contribution in [0.1, 0.15) is 95.5 Å². The van der Waals surface area contributed by atoms with E-state index < -0.39 is 0 Å². The first kappa shape index (κ1) is 22.4. The van der Waals surface area contributed by atoms with Gasteiger partial charge in [0.2, 0.25) is 0 Å². The first-order chi connectivity index (χ1) is 11.3. The number of nitrogens with zero attached hydrogens (tertiary/aromatic N) is 1. The van der Waals surface area contributed by atoms with Gasteiger partial charge in [0.05, 0.1) is 0 Å². The van der Waals surface area contributed by atoms with Crippen molar-refractivity contribution < 1.29 is 0 Å². The molecule has 0 fully saturated rings. The molecule has 0 aliphatic rings. The molecule has 1 nitrogen and oxygen atoms in total. The molecule has 0 radical (unpaired) electrons. The Labute approximate surface area is 150 Å². The van der Waals surface area contributed by atoms with Gasteiger partial charge in [-0.25, -0.2) is 0 Å². The first-order valence-corrected chi connectivity index (χ1v) is 9.34. The first-order valence-electron chi connectivity index (χ1n) is 9.34. The van der Waals surface area contributed by atoms with Gasteiger partial charge in [-0.05, 0) is 53.5 Å². The zero-order valence-corrected chi connectivity index (χ0v) is 17.2. The van der Waals surface area contributed by atoms with Crippen molar-refractivity contribution >= 4 is 0 Å². The minimum atomic E-state index is 0.547. The van der Waals surface area contributed by atoms with Gasteiger partial charge in [-0.3, -0.25) is 4.98 Å². The van der Waals surface area contributed by atoms with E-state index in [9.17, 15) is 0 Å². The minimum Gasteiger partial charge on any atom is -0.261 e. The zero-order valence-electron chi connectivity index (χ0n) is 17.2. The Morgan fingerprint density at radius 1 is 0.667 bits per heavy atom. The lowest BCUT2D eigenvalue weighted by Gasteiger charge is -2.16. The molecule has 1 aromatic heterocycles. The molecule has 0 unspecified atom stereocenters. The average molecular weight is 328 g/mol. The third-order valence-corrected chi connectivity index (χ3v) is 3.94. The number of aromatic nitrogens is 1. The average Bonchev–Trinajstić information content (AvgIpc) is 2.57. The quantitative estimate of drug-likeness (QED) is 0.569. The highest BCUT2D eigenvalue weighted by Crippen LogP contribution is 2.26. The van der Waals surface area contributed by atoms with E-state index >= 15 is 0 Å². The van der Waals surface area contributed by atoms with Crippen molar-refractivity contribution in [2.24, 2.45) is 0 Å². The summed E-state index contributed by atoms with van der Waals surface area (Å²) in [5.41, 5.74) is 5.63. The van der Waals surface area contributed by atoms with E-state index in [4.69, 9.17) is 0 Å². The molecule has 0 N–H and O–H groups in total. The topological polar surface area (TPSA) is 12.9 Å². The van der Waals surface area contributed by atoms with Gasteiger partial charge in [0.25, 0.3) is 0 Å². The van der Waals surface area contributed by atoms with Gasteiger partial charge in [-0.1, -0.05) is 79.7 Å². The van der Waals surface area contributed by atoms with Crippen LogP contribution in [0.3, 0.4) is 0 Å². The standard InChI is InChI=1S/C13H20.C8H11N.C2H6/c1-9(2)12-7-6-8-13(10(3)4)11(12)5;1-7(2)8-5-3-4-6-9-8;1-2/h6-10H,1-5H3;3-7H,1-2H3;1-2H3. The number of rotatable bonds is 3. The van der Waals surface area contributed by atoms with E-state index in [0.29, 0.717) is 17.8 Å². The fourth-order valence-corrected chi connectivity index (χ4v) is 2.64. The van der Waals surface area contributed by atoms with E-state index in [1.807, 2.05) is 38.2 Å². The van der Waals surface area contributed by atoms with Crippen LogP contribution >= 0.6 is 0 Å². The molecule has 0 atom stereocenters. The van der Waals surface area contributed by atoms with Crippen LogP contribution in [0, 0.1) is 6.92 Å². The SMILES string of the molecule is CC.CC(C)c1ccccn1.Cc1c(C(C)C)cccc1C(C)C. The van der Waals surface area contributed by atoms with E-state index in [2.05, 4.69) is 71.6 Å². The maximum atomic E-state index is 4.18. The number of hydrogen-bond acceptors (Lipinski definition) is 1. The van der Waals surface area contributed by atoms with Gasteiger partial charge in [0.1, 0.15) is 0 Å². The molecule has 24 heavy (non-hydrogen) atoms. The van der Waals surface area contributed by atoms with Crippen molar-refractivity contribution in [3.63, 3.8) is 0 Å². The van der Waals surface area contributed by atoms with Crippen LogP contribution in [0.15, 0.2) is 42.6 Å². The Morgan fingerprint density at radius 3 is 1.46 bits per heavy atom. The summed E-state index contributed by atoms with van der Waals surface area (Å²) in [7, 11) is 0. The monoisotopic (exact) mass is 327 g/mol. The summed E-state index contributed by atoms with van der Waals surface area (Å²) >= 11 is 0. The van der Waals surface area contributed by atoms with Crippen LogP contribution in [0.4, 0.5) is 0 Å². The minimum absolute atomic E-state index is 0.547. The lowest BCUT2D eigenvalue weighted by Crippen LogP contribution is -1.98. The second-order valence-corrected chi connectivity index (χ2v) is 6.78. The van der Waals surface area contributed by atoms with Crippen LogP contribution in [0.25, 0.3) is 0 Å². The molecule has 1 aromatic carbocycles. The number of pyridine rings is 1. The lowest BCUT2D eigenvalue weighted by molar-refractivity contribution is 0.817. The van der Waals surface area contributed by atoms with Crippen molar-refractivity contribution in [1.29, 1.82) is 0 Å². The molecule has 134 valence electrons. The molecule has 2 aromatic rings. The summed E-state index contributed by atoms with van der Waals surface area (Å²) < 4.78 is 0. The van der Waals surface area contributed by atoms with Crippen molar-refractivity contribution in [2.75, 3.05) is 0 Å². The van der Waals surface area contributed by atoms with Crippen LogP contribution in [-0.4, -0.2) is 4.98 Å². The van der Waals surface area contributed by atoms with E-state index in [-0.39, 0.29) is 0 Å². The third kappa shape index (κ3) is 7.29. The van der Waals surface area contributed by atoms with Crippen LogP contribution in [0.5, 0.6) is 0 Å². The lowest BCUT2D eigenvalue weighted by atomic mass is 9.90. The van der Waals surface area contributed by atoms with E-state index in [0.717, 1.165) is 5.69 Å². The van der Waals surface area contributed by atoms with E-state index in [1.54, 1.807) is 0 Å². The molecular weight excluding hydrogens is 290 g/mol. The largest absolute Gasteiger partial charge is 0.261 e. The second kappa shape index (κ2) is 11.8. The Morgan fingerprint density at radius 2 is 1.17 bits per heavy atom. The molecule has 2 rings (SSSR count). The van der Waals surface area contributed by atoms with Gasteiger partial charge >= 0.3 is 0 Å². The Balaban J connectivity index is 0.000000420. The molecule has 0 saturated carbocycles. The van der Waals surface area contributed by atoms with Crippen molar-refractivity contribution in [3.8, 4) is 0 Å². The number of benzene rings is 1. The predicted octanol–water partition coefficient (Wildman–Crippen LogP) is 7.47. The fraction of sp³-hybridized carbons (Fsp3) is 0.522. The van der Waals surface area contributed by atoms with E-state index in [1.165, 1.54) is 16.7 Å². The molecular formula is C23H37N. The Hall–Kier alpha value is -1.63. The summed E-state index contributed by atoms with van der Waals surface area (Å²) in [6.07, 6.45) is 1.83. The number of hydrogen-bond donors (Lipinski definition) is 0. The van der Waals surface area contributed by atoms with Crippen LogP contribution in [0.2, 0.25) is 0 Å². The second-order valence-electron chi connectivity index (χ2n) is 6.78. The predicted molar refractivity (Wildman–Crippen MR) is 109 cm³/mol. The van der Waals surface area contributed by atoms with Gasteiger partial charge in [-0.2, -0.15) is 0 Å². The summed E-state index contributed by atoms with van der Waals surface area (Å²) in [6.45, 7) is 19.5. The normalized spacial score (nSPS) is 10.2. The molecule has 0 bridgehead atoms. The maximum Gasteiger partial charge on any atom is 0.0428 e. The fourth-order valence-electron chi connectivity index (χ4n) is 2.64. The highest BCUT2D eigenvalue weighted by Gasteiger charge is 2.08. The van der Waals surface area contributed by atoms with Gasteiger partial charge < -0.3 is 0 Å². The smallest absolute Gasteiger partial charge is 0.0428 e. The molecule has 0 spiro atoms. The highest BCUT2D eigenvalue weighted by molar-refractivity contribution is 5.37. The third-order valence-electron chi connectivity index (χ3n) is 3.94. The van der Waals surface area contributed by atoms with Gasteiger partial charge in [0, 0.05) is 11.9 Å². The van der Waals surface area contributed by atoms with Crippen molar-refractivity contribution in [3.05, 3.63) is 65.0 Å². The Kier molecular flexibility index (Phi) is 11.0. The van der Waals surface area contributed by atoms with Crippen molar-refractivity contribution in [2.45, 2.75) is 80.1 Å². The van der Waals surface area contributed by atoms with Gasteiger partial charge in [0.15, 0.2) is 0 Å². The zero-order chi connectivity index (χ0) is 18.7. The molecule has 1 heterocycles. The Bertz CT molecular complexity index is 527.